The Balaban J connectivity index is 2.36. The van der Waals surface area contributed by atoms with Crippen molar-refractivity contribution in [3.8, 4) is 6.07 Å². The van der Waals surface area contributed by atoms with Crippen molar-refractivity contribution in [1.29, 1.82) is 5.26 Å². The Morgan fingerprint density at radius 1 is 1.09 bits per heavy atom. The maximum atomic E-state index is 12.1. The molecule has 0 saturated heterocycles. The van der Waals surface area contributed by atoms with Crippen LogP contribution in [0.4, 0.5) is 0 Å². The number of hydrogen-bond acceptors (Lipinski definition) is 4. The fraction of sp³-hybridized carbons (Fsp3) is 0.500. The molecule has 118 valence electrons. The summed E-state index contributed by atoms with van der Waals surface area (Å²) < 4.78 is 5.06. The highest BCUT2D eigenvalue weighted by Gasteiger charge is 2.28. The number of nitriles is 1. The minimum Gasteiger partial charge on any atom is -0.464 e. The number of ketones is 1. The number of Topliss-reactive ketones (excluding diaryl/α,β-unsaturated/α-hetero) is 1. The zero-order valence-corrected chi connectivity index (χ0v) is 13.1. The second-order valence-corrected chi connectivity index (χ2v) is 5.23. The van der Waals surface area contributed by atoms with Gasteiger partial charge in [0.1, 0.15) is 0 Å². The molecule has 1 rings (SSSR count). The highest BCUT2D eigenvalue weighted by atomic mass is 16.5. The van der Waals surface area contributed by atoms with E-state index in [1.54, 1.807) is 36.4 Å². The molecule has 0 aromatic heterocycles. The number of carbonyl (C=O) groups excluding carboxylic acids is 2. The van der Waals surface area contributed by atoms with Crippen LogP contribution in [0.1, 0.15) is 55.8 Å². The molecule has 1 atom stereocenters. The molecule has 0 spiro atoms. The average molecular weight is 301 g/mol. The van der Waals surface area contributed by atoms with Gasteiger partial charge in [0.25, 0.3) is 0 Å². The van der Waals surface area contributed by atoms with E-state index in [1.165, 1.54) is 19.3 Å². The van der Waals surface area contributed by atoms with Gasteiger partial charge in [-0.3, -0.25) is 9.59 Å². The summed E-state index contributed by atoms with van der Waals surface area (Å²) in [5.41, 5.74) is 0.352. The number of hydrogen-bond donors (Lipinski definition) is 0. The first-order valence-corrected chi connectivity index (χ1v) is 7.86. The van der Waals surface area contributed by atoms with Gasteiger partial charge in [-0.1, -0.05) is 69.4 Å². The lowest BCUT2D eigenvalue weighted by atomic mass is 9.99. The van der Waals surface area contributed by atoms with Gasteiger partial charge in [-0.05, 0) is 6.42 Å². The normalized spacial score (nSPS) is 11.5. The van der Waals surface area contributed by atoms with E-state index >= 15 is 0 Å². The smallest absolute Gasteiger partial charge is 0.331 e. The van der Waals surface area contributed by atoms with Gasteiger partial charge >= 0.3 is 5.97 Å². The predicted molar refractivity (Wildman–Crippen MR) is 84.2 cm³/mol. The van der Waals surface area contributed by atoms with Crippen molar-refractivity contribution in [1.82, 2.24) is 0 Å². The van der Waals surface area contributed by atoms with Gasteiger partial charge < -0.3 is 4.74 Å². The minimum absolute atomic E-state index is 0.269. The topological polar surface area (TPSA) is 67.2 Å². The molecule has 0 N–H and O–H groups in total. The first-order chi connectivity index (χ1) is 10.7. The standard InChI is InChI=1S/C18H23NO3/c1-2-3-4-5-6-10-13-22-18(21)16(14-19)17(20)15-11-8-7-9-12-15/h7-9,11-12,16H,2-6,10,13H2,1H3. The SMILES string of the molecule is CCCCCCCCOC(=O)C(C#N)C(=O)c1ccccc1. The molecule has 0 heterocycles. The van der Waals surface area contributed by atoms with Gasteiger partial charge in [-0.2, -0.15) is 5.26 Å². The summed E-state index contributed by atoms with van der Waals surface area (Å²) in [6.45, 7) is 2.43. The van der Waals surface area contributed by atoms with Crippen molar-refractivity contribution in [2.24, 2.45) is 5.92 Å². The summed E-state index contributed by atoms with van der Waals surface area (Å²) in [5.74, 6) is -2.62. The maximum absolute atomic E-state index is 12.1. The number of benzene rings is 1. The zero-order valence-electron chi connectivity index (χ0n) is 13.1. The van der Waals surface area contributed by atoms with E-state index in [0.29, 0.717) is 5.56 Å². The van der Waals surface area contributed by atoms with Crippen LogP contribution in [0.2, 0.25) is 0 Å². The van der Waals surface area contributed by atoms with Crippen LogP contribution in [-0.4, -0.2) is 18.4 Å². The van der Waals surface area contributed by atoms with E-state index in [2.05, 4.69) is 6.92 Å². The van der Waals surface area contributed by atoms with Crippen LogP contribution in [0.5, 0.6) is 0 Å². The third kappa shape index (κ3) is 6.09. The monoisotopic (exact) mass is 301 g/mol. The molecule has 22 heavy (non-hydrogen) atoms. The van der Waals surface area contributed by atoms with Gasteiger partial charge in [0.15, 0.2) is 5.78 Å². The molecule has 0 aliphatic carbocycles. The van der Waals surface area contributed by atoms with Crippen LogP contribution >= 0.6 is 0 Å². The maximum Gasteiger partial charge on any atom is 0.331 e. The van der Waals surface area contributed by atoms with E-state index < -0.39 is 17.7 Å². The van der Waals surface area contributed by atoms with Crippen LogP contribution in [0.3, 0.4) is 0 Å². The molecule has 0 radical (unpaired) electrons. The van der Waals surface area contributed by atoms with Crippen molar-refractivity contribution < 1.29 is 14.3 Å². The first-order valence-electron chi connectivity index (χ1n) is 7.86. The van der Waals surface area contributed by atoms with Crippen molar-refractivity contribution in [3.63, 3.8) is 0 Å². The molecular weight excluding hydrogens is 278 g/mol. The Labute approximate surface area is 132 Å². The Hall–Kier alpha value is -2.15. The molecule has 0 fully saturated rings. The van der Waals surface area contributed by atoms with Gasteiger partial charge in [0, 0.05) is 5.56 Å². The van der Waals surface area contributed by atoms with E-state index in [0.717, 1.165) is 19.3 Å². The van der Waals surface area contributed by atoms with Crippen LogP contribution in [0.15, 0.2) is 30.3 Å². The third-order valence-electron chi connectivity index (χ3n) is 3.43. The Morgan fingerprint density at radius 2 is 1.73 bits per heavy atom. The van der Waals surface area contributed by atoms with Crippen LogP contribution in [0.25, 0.3) is 0 Å². The molecule has 0 aliphatic rings. The predicted octanol–water partition coefficient (Wildman–Crippen LogP) is 3.91. The van der Waals surface area contributed by atoms with Gasteiger partial charge in [-0.15, -0.1) is 0 Å². The Kier molecular flexibility index (Phi) is 8.59. The van der Waals surface area contributed by atoms with E-state index in [4.69, 9.17) is 10.00 Å². The summed E-state index contributed by atoms with van der Waals surface area (Å²) >= 11 is 0. The molecule has 0 bridgehead atoms. The number of nitrogens with zero attached hydrogens (tertiary/aromatic N) is 1. The molecular formula is C18H23NO3. The second kappa shape index (κ2) is 10.6. The minimum atomic E-state index is -1.37. The number of ether oxygens (including phenoxy) is 1. The molecule has 0 aliphatic heterocycles. The summed E-state index contributed by atoms with van der Waals surface area (Å²) in [5, 5.41) is 9.06. The zero-order chi connectivity index (χ0) is 16.2. The van der Waals surface area contributed by atoms with Gasteiger partial charge in [-0.25, -0.2) is 0 Å². The molecule has 0 saturated carbocycles. The lowest BCUT2D eigenvalue weighted by molar-refractivity contribution is -0.145. The van der Waals surface area contributed by atoms with E-state index in [-0.39, 0.29) is 6.61 Å². The highest BCUT2D eigenvalue weighted by molar-refractivity contribution is 6.10. The fourth-order valence-electron chi connectivity index (χ4n) is 2.13. The summed E-state index contributed by atoms with van der Waals surface area (Å²) in [4.78, 5) is 24.0. The van der Waals surface area contributed by atoms with E-state index in [1.807, 2.05) is 0 Å². The summed E-state index contributed by atoms with van der Waals surface area (Å²) in [7, 11) is 0. The first kappa shape index (κ1) is 17.9. The van der Waals surface area contributed by atoms with E-state index in [9.17, 15) is 9.59 Å². The van der Waals surface area contributed by atoms with Crippen LogP contribution in [0, 0.1) is 17.2 Å². The lowest BCUT2D eigenvalue weighted by Crippen LogP contribution is -2.25. The van der Waals surface area contributed by atoms with Crippen molar-refractivity contribution in [2.75, 3.05) is 6.61 Å². The lowest BCUT2D eigenvalue weighted by Gasteiger charge is -2.09. The second-order valence-electron chi connectivity index (χ2n) is 5.23. The van der Waals surface area contributed by atoms with Crippen LogP contribution in [-0.2, 0) is 9.53 Å². The molecule has 4 heteroatoms. The quantitative estimate of drug-likeness (QED) is 0.284. The fourth-order valence-corrected chi connectivity index (χ4v) is 2.13. The average Bonchev–Trinajstić information content (AvgIpc) is 2.55. The molecule has 1 aromatic rings. The molecule has 4 nitrogen and oxygen atoms in total. The van der Waals surface area contributed by atoms with Gasteiger partial charge in [0.05, 0.1) is 12.7 Å². The van der Waals surface area contributed by atoms with Crippen LogP contribution < -0.4 is 0 Å². The van der Waals surface area contributed by atoms with Crippen molar-refractivity contribution in [3.05, 3.63) is 35.9 Å². The molecule has 1 unspecified atom stereocenters. The molecule has 0 amide bonds. The highest BCUT2D eigenvalue weighted by Crippen LogP contribution is 2.11. The van der Waals surface area contributed by atoms with Crippen molar-refractivity contribution in [2.45, 2.75) is 45.4 Å². The number of rotatable bonds is 10. The Bertz CT molecular complexity index is 505. The summed E-state index contributed by atoms with van der Waals surface area (Å²) in [6, 6.07) is 10.1. The van der Waals surface area contributed by atoms with Crippen molar-refractivity contribution >= 4 is 11.8 Å². The number of carbonyl (C=O) groups is 2. The van der Waals surface area contributed by atoms with Gasteiger partial charge in [0.2, 0.25) is 5.92 Å². The molecule has 1 aromatic carbocycles. The number of esters is 1. The number of unbranched alkanes of at least 4 members (excludes halogenated alkanes) is 5. The largest absolute Gasteiger partial charge is 0.464 e. The Morgan fingerprint density at radius 3 is 2.36 bits per heavy atom. The third-order valence-corrected chi connectivity index (χ3v) is 3.43. The summed E-state index contributed by atoms with van der Waals surface area (Å²) in [6.07, 6.45) is 6.50.